The number of rotatable bonds is 5. The van der Waals surface area contributed by atoms with Crippen molar-refractivity contribution in [3.63, 3.8) is 0 Å². The van der Waals surface area contributed by atoms with Crippen LogP contribution in [0.4, 0.5) is 0 Å². The Morgan fingerprint density at radius 1 is 1.33 bits per heavy atom. The van der Waals surface area contributed by atoms with Crippen molar-refractivity contribution in [1.82, 2.24) is 4.90 Å². The third-order valence-corrected chi connectivity index (χ3v) is 6.15. The van der Waals surface area contributed by atoms with Crippen LogP contribution in [-0.4, -0.2) is 51.1 Å². The molecule has 0 aromatic heterocycles. The largest absolute Gasteiger partial charge is 0.497 e. The zero-order chi connectivity index (χ0) is 15.5. The molecule has 1 aromatic carbocycles. The summed E-state index contributed by atoms with van der Waals surface area (Å²) in [6, 6.07) is 7.92. The number of methoxy groups -OCH3 is 1. The maximum Gasteiger partial charge on any atom is 0.150 e. The molecule has 1 saturated heterocycles. The van der Waals surface area contributed by atoms with Gasteiger partial charge in [-0.25, -0.2) is 8.42 Å². The summed E-state index contributed by atoms with van der Waals surface area (Å²) in [6.45, 7) is 1.21. The van der Waals surface area contributed by atoms with Gasteiger partial charge in [-0.3, -0.25) is 4.90 Å². The molecule has 1 heterocycles. The van der Waals surface area contributed by atoms with Crippen molar-refractivity contribution in [1.29, 1.82) is 0 Å². The second kappa shape index (κ2) is 6.34. The first kappa shape index (κ1) is 16.3. The van der Waals surface area contributed by atoms with Gasteiger partial charge >= 0.3 is 0 Å². The Bertz CT molecular complexity index is 572. The normalized spacial score (nSPS) is 20.4. The van der Waals surface area contributed by atoms with E-state index in [2.05, 4.69) is 4.90 Å². The zero-order valence-electron chi connectivity index (χ0n) is 12.7. The predicted octanol–water partition coefficient (Wildman–Crippen LogP) is 1.03. The molecule has 0 unspecified atom stereocenters. The van der Waals surface area contributed by atoms with E-state index in [-0.39, 0.29) is 17.0 Å². The summed E-state index contributed by atoms with van der Waals surface area (Å²) >= 11 is 0. The lowest BCUT2D eigenvalue weighted by Crippen LogP contribution is -2.55. The van der Waals surface area contributed by atoms with Crippen molar-refractivity contribution < 1.29 is 13.2 Å². The van der Waals surface area contributed by atoms with Crippen molar-refractivity contribution in [2.24, 2.45) is 5.73 Å². The van der Waals surface area contributed by atoms with Crippen LogP contribution < -0.4 is 10.5 Å². The minimum atomic E-state index is -2.88. The van der Waals surface area contributed by atoms with E-state index in [0.717, 1.165) is 17.9 Å². The molecule has 6 heteroatoms. The summed E-state index contributed by atoms with van der Waals surface area (Å²) in [5.74, 6) is 1.29. The van der Waals surface area contributed by atoms with Crippen molar-refractivity contribution >= 4 is 9.84 Å². The predicted molar refractivity (Wildman–Crippen MR) is 84.1 cm³/mol. The molecular formula is C15H24N2O3S. The average molecular weight is 312 g/mol. The van der Waals surface area contributed by atoms with Crippen LogP contribution in [0, 0.1) is 0 Å². The van der Waals surface area contributed by atoms with Gasteiger partial charge in [0, 0.05) is 18.6 Å². The molecule has 5 nitrogen and oxygen atoms in total. The molecule has 0 saturated carbocycles. The highest BCUT2D eigenvalue weighted by molar-refractivity contribution is 7.91. The Labute approximate surface area is 127 Å². The molecule has 2 N–H and O–H groups in total. The van der Waals surface area contributed by atoms with Gasteiger partial charge in [0.15, 0.2) is 0 Å². The summed E-state index contributed by atoms with van der Waals surface area (Å²) < 4.78 is 28.5. The molecule has 0 atom stereocenters. The minimum absolute atomic E-state index is 0.228. The molecule has 0 radical (unpaired) electrons. The fourth-order valence-corrected chi connectivity index (χ4v) is 4.46. The maximum atomic E-state index is 11.6. The molecule has 118 valence electrons. The van der Waals surface area contributed by atoms with E-state index < -0.39 is 9.84 Å². The number of hydrogen-bond donors (Lipinski definition) is 1. The van der Waals surface area contributed by atoms with E-state index in [1.807, 2.05) is 31.3 Å². The van der Waals surface area contributed by atoms with E-state index >= 15 is 0 Å². The van der Waals surface area contributed by atoms with Crippen molar-refractivity contribution in [2.45, 2.75) is 24.9 Å². The number of sulfone groups is 1. The van der Waals surface area contributed by atoms with E-state index in [9.17, 15) is 8.42 Å². The van der Waals surface area contributed by atoms with Crippen LogP contribution in [0.2, 0.25) is 0 Å². The summed E-state index contributed by atoms with van der Waals surface area (Å²) in [6.07, 6.45) is 1.21. The first-order valence-electron chi connectivity index (χ1n) is 7.15. The smallest absolute Gasteiger partial charge is 0.150 e. The van der Waals surface area contributed by atoms with Crippen LogP contribution in [0.15, 0.2) is 24.3 Å². The van der Waals surface area contributed by atoms with Gasteiger partial charge in [0.1, 0.15) is 15.6 Å². The number of hydrogen-bond acceptors (Lipinski definition) is 5. The number of nitrogens with two attached hydrogens (primary N) is 1. The van der Waals surface area contributed by atoms with E-state index in [1.165, 1.54) is 0 Å². The highest BCUT2D eigenvalue weighted by Crippen LogP contribution is 2.30. The Kier molecular flexibility index (Phi) is 4.91. The molecule has 0 bridgehead atoms. The number of likely N-dealkylation sites (N-methyl/N-ethyl adjacent to an activating group) is 1. The molecule has 1 aliphatic rings. The Balaban J connectivity index is 2.11. The Morgan fingerprint density at radius 3 is 2.57 bits per heavy atom. The van der Waals surface area contributed by atoms with Gasteiger partial charge in [0.2, 0.25) is 0 Å². The molecule has 1 aromatic rings. The highest BCUT2D eigenvalue weighted by Gasteiger charge is 2.39. The van der Waals surface area contributed by atoms with Crippen LogP contribution >= 0.6 is 0 Å². The summed E-state index contributed by atoms with van der Waals surface area (Å²) in [4.78, 5) is 2.19. The molecule has 0 amide bonds. The standard InChI is InChI=1S/C15H24N2O3S/c1-17(11-13-4-3-5-14(10-13)20-2)15(12-16)6-8-21(18,19)9-7-15/h3-5,10H,6-9,11-12,16H2,1-2H3. The van der Waals surface area contributed by atoms with Gasteiger partial charge in [0.05, 0.1) is 18.6 Å². The molecule has 1 fully saturated rings. The maximum absolute atomic E-state index is 11.6. The van der Waals surface area contributed by atoms with Gasteiger partial charge in [-0.2, -0.15) is 0 Å². The third kappa shape index (κ3) is 3.75. The lowest BCUT2D eigenvalue weighted by molar-refractivity contribution is 0.105. The van der Waals surface area contributed by atoms with E-state index in [0.29, 0.717) is 19.4 Å². The molecule has 2 rings (SSSR count). The molecule has 21 heavy (non-hydrogen) atoms. The second-order valence-corrected chi connectivity index (χ2v) is 8.09. The fourth-order valence-electron chi connectivity index (χ4n) is 2.87. The average Bonchev–Trinajstić information content (AvgIpc) is 2.48. The lowest BCUT2D eigenvalue weighted by atomic mass is 9.90. The van der Waals surface area contributed by atoms with E-state index in [1.54, 1.807) is 7.11 Å². The van der Waals surface area contributed by atoms with Gasteiger partial charge in [0.25, 0.3) is 0 Å². The van der Waals surface area contributed by atoms with Crippen molar-refractivity contribution in [3.8, 4) is 5.75 Å². The summed E-state index contributed by atoms with van der Waals surface area (Å²) in [5, 5.41) is 0. The monoisotopic (exact) mass is 312 g/mol. The fraction of sp³-hybridized carbons (Fsp3) is 0.600. The van der Waals surface area contributed by atoms with Gasteiger partial charge < -0.3 is 10.5 Å². The lowest BCUT2D eigenvalue weighted by Gasteiger charge is -2.43. The van der Waals surface area contributed by atoms with Gasteiger partial charge in [-0.05, 0) is 37.6 Å². The number of ether oxygens (including phenoxy) is 1. The second-order valence-electron chi connectivity index (χ2n) is 5.79. The highest BCUT2D eigenvalue weighted by atomic mass is 32.2. The minimum Gasteiger partial charge on any atom is -0.497 e. The summed E-state index contributed by atoms with van der Waals surface area (Å²) in [5.41, 5.74) is 6.89. The third-order valence-electron chi connectivity index (χ3n) is 4.50. The van der Waals surface area contributed by atoms with Gasteiger partial charge in [-0.15, -0.1) is 0 Å². The van der Waals surface area contributed by atoms with Crippen molar-refractivity contribution in [3.05, 3.63) is 29.8 Å². The summed E-state index contributed by atoms with van der Waals surface area (Å²) in [7, 11) is 0.784. The van der Waals surface area contributed by atoms with E-state index in [4.69, 9.17) is 10.5 Å². The Morgan fingerprint density at radius 2 is 2.00 bits per heavy atom. The van der Waals surface area contributed by atoms with Crippen molar-refractivity contribution in [2.75, 3.05) is 32.2 Å². The molecule has 1 aliphatic heterocycles. The first-order valence-corrected chi connectivity index (χ1v) is 8.98. The van der Waals surface area contributed by atoms with Crippen LogP contribution in [0.3, 0.4) is 0 Å². The Hall–Kier alpha value is -1.11. The number of benzene rings is 1. The molecule has 0 spiro atoms. The molecule has 0 aliphatic carbocycles. The quantitative estimate of drug-likeness (QED) is 0.879. The topological polar surface area (TPSA) is 72.6 Å². The zero-order valence-corrected chi connectivity index (χ0v) is 13.5. The van der Waals surface area contributed by atoms with Crippen LogP contribution in [0.1, 0.15) is 18.4 Å². The number of nitrogens with zero attached hydrogens (tertiary/aromatic N) is 1. The SMILES string of the molecule is COc1cccc(CN(C)C2(CN)CCS(=O)(=O)CC2)c1. The van der Waals surface area contributed by atoms with Gasteiger partial charge in [-0.1, -0.05) is 12.1 Å². The van der Waals surface area contributed by atoms with Crippen LogP contribution in [-0.2, 0) is 16.4 Å². The van der Waals surface area contributed by atoms with Crippen LogP contribution in [0.25, 0.3) is 0 Å². The first-order chi connectivity index (χ1) is 9.91. The molecular weight excluding hydrogens is 288 g/mol. The van der Waals surface area contributed by atoms with Crippen LogP contribution in [0.5, 0.6) is 5.75 Å².